The highest BCUT2D eigenvalue weighted by atomic mass is 16.5. The number of hydrogen-bond donors (Lipinski definition) is 2. The SMILES string of the molecule is O=C(NCc1ccnc(OCC2CC2)c1)N1CCCCC1c1cn[nH]c1. The Kier molecular flexibility index (Phi) is 5.04. The molecule has 1 unspecified atom stereocenters. The van der Waals surface area contributed by atoms with Gasteiger partial charge in [-0.1, -0.05) is 0 Å². The number of nitrogens with one attached hydrogen (secondary N) is 2. The fourth-order valence-electron chi connectivity index (χ4n) is 3.37. The standard InChI is InChI=1S/C19H25N5O2/c25-19(24-8-2-1-3-17(24)16-11-22-23-12-16)21-10-15-6-7-20-18(9-15)26-13-14-4-5-14/h6-7,9,11-12,14,17H,1-5,8,10,13H2,(H,21,25)(H,22,23). The van der Waals surface area contributed by atoms with E-state index in [1.165, 1.54) is 12.8 Å². The maximum atomic E-state index is 12.7. The third-order valence-electron chi connectivity index (χ3n) is 5.07. The van der Waals surface area contributed by atoms with Gasteiger partial charge < -0.3 is 15.0 Å². The van der Waals surface area contributed by atoms with Crippen LogP contribution in [-0.4, -0.2) is 39.3 Å². The first kappa shape index (κ1) is 16.9. The zero-order valence-electron chi connectivity index (χ0n) is 14.9. The zero-order chi connectivity index (χ0) is 17.8. The van der Waals surface area contributed by atoms with E-state index >= 15 is 0 Å². The van der Waals surface area contributed by atoms with E-state index < -0.39 is 0 Å². The van der Waals surface area contributed by atoms with Gasteiger partial charge in [-0.25, -0.2) is 9.78 Å². The fourth-order valence-corrected chi connectivity index (χ4v) is 3.37. The maximum Gasteiger partial charge on any atom is 0.318 e. The van der Waals surface area contributed by atoms with E-state index in [9.17, 15) is 4.79 Å². The van der Waals surface area contributed by atoms with Gasteiger partial charge in [-0.3, -0.25) is 5.10 Å². The molecule has 7 heteroatoms. The number of hydrogen-bond acceptors (Lipinski definition) is 4. The molecular formula is C19H25N5O2. The summed E-state index contributed by atoms with van der Waals surface area (Å²) in [6.07, 6.45) is 11.1. The summed E-state index contributed by atoms with van der Waals surface area (Å²) in [5.41, 5.74) is 2.07. The number of H-pyrrole nitrogens is 1. The Morgan fingerprint density at radius 2 is 2.27 bits per heavy atom. The van der Waals surface area contributed by atoms with Crippen molar-refractivity contribution in [3.8, 4) is 5.88 Å². The van der Waals surface area contributed by atoms with Gasteiger partial charge in [0.25, 0.3) is 0 Å². The second kappa shape index (κ2) is 7.76. The number of carbonyl (C=O) groups is 1. The Morgan fingerprint density at radius 3 is 3.08 bits per heavy atom. The Labute approximate surface area is 153 Å². The third-order valence-corrected chi connectivity index (χ3v) is 5.07. The first-order chi connectivity index (χ1) is 12.8. The third kappa shape index (κ3) is 4.15. The highest BCUT2D eigenvalue weighted by Crippen LogP contribution is 2.30. The second-order valence-corrected chi connectivity index (χ2v) is 7.15. The molecule has 4 rings (SSSR count). The summed E-state index contributed by atoms with van der Waals surface area (Å²) < 4.78 is 5.72. The molecule has 2 aliphatic rings. The lowest BCUT2D eigenvalue weighted by molar-refractivity contribution is 0.151. The molecule has 0 aromatic carbocycles. The van der Waals surface area contributed by atoms with Crippen molar-refractivity contribution in [2.75, 3.05) is 13.2 Å². The largest absolute Gasteiger partial charge is 0.477 e. The fraction of sp³-hybridized carbons (Fsp3) is 0.526. The van der Waals surface area contributed by atoms with Crippen LogP contribution in [0.3, 0.4) is 0 Å². The van der Waals surface area contributed by atoms with Crippen molar-refractivity contribution in [3.63, 3.8) is 0 Å². The number of rotatable bonds is 6. The van der Waals surface area contributed by atoms with Gasteiger partial charge in [0.1, 0.15) is 0 Å². The number of likely N-dealkylation sites (tertiary alicyclic amines) is 1. The number of carbonyl (C=O) groups excluding carboxylic acids is 1. The Hall–Kier alpha value is -2.57. The van der Waals surface area contributed by atoms with Gasteiger partial charge in [-0.15, -0.1) is 0 Å². The van der Waals surface area contributed by atoms with E-state index in [2.05, 4.69) is 20.5 Å². The number of amides is 2. The zero-order valence-corrected chi connectivity index (χ0v) is 14.9. The molecule has 3 heterocycles. The van der Waals surface area contributed by atoms with Crippen LogP contribution < -0.4 is 10.1 Å². The quantitative estimate of drug-likeness (QED) is 0.834. The van der Waals surface area contributed by atoms with Crippen LogP contribution in [0.25, 0.3) is 0 Å². The van der Waals surface area contributed by atoms with Crippen molar-refractivity contribution in [2.45, 2.75) is 44.7 Å². The van der Waals surface area contributed by atoms with Crippen molar-refractivity contribution < 1.29 is 9.53 Å². The summed E-state index contributed by atoms with van der Waals surface area (Å²) in [5.74, 6) is 1.33. The Bertz CT molecular complexity index is 729. The van der Waals surface area contributed by atoms with Gasteiger partial charge in [0.05, 0.1) is 18.8 Å². The molecule has 138 valence electrons. The monoisotopic (exact) mass is 355 g/mol. The summed E-state index contributed by atoms with van der Waals surface area (Å²) in [6.45, 7) is 1.98. The normalized spacial score (nSPS) is 20.0. The molecule has 0 radical (unpaired) electrons. The molecule has 1 aliphatic heterocycles. The summed E-state index contributed by atoms with van der Waals surface area (Å²) >= 11 is 0. The van der Waals surface area contributed by atoms with Crippen LogP contribution in [-0.2, 0) is 6.54 Å². The molecule has 1 atom stereocenters. The van der Waals surface area contributed by atoms with Gasteiger partial charge in [0.15, 0.2) is 0 Å². The lowest BCUT2D eigenvalue weighted by atomic mass is 9.98. The number of nitrogens with zero attached hydrogens (tertiary/aromatic N) is 3. The first-order valence-electron chi connectivity index (χ1n) is 9.40. The molecule has 0 spiro atoms. The van der Waals surface area contributed by atoms with E-state index in [0.717, 1.165) is 43.5 Å². The minimum Gasteiger partial charge on any atom is -0.477 e. The summed E-state index contributed by atoms with van der Waals surface area (Å²) in [7, 11) is 0. The van der Waals surface area contributed by atoms with Gasteiger partial charge >= 0.3 is 6.03 Å². The van der Waals surface area contributed by atoms with Crippen LogP contribution in [0.15, 0.2) is 30.7 Å². The molecule has 2 N–H and O–H groups in total. The summed E-state index contributed by atoms with van der Waals surface area (Å²) in [6, 6.07) is 3.88. The van der Waals surface area contributed by atoms with E-state index in [4.69, 9.17) is 4.74 Å². The van der Waals surface area contributed by atoms with Crippen molar-refractivity contribution in [1.82, 2.24) is 25.4 Å². The first-order valence-corrected chi connectivity index (χ1v) is 9.40. The summed E-state index contributed by atoms with van der Waals surface area (Å²) in [4.78, 5) is 18.9. The molecular weight excluding hydrogens is 330 g/mol. The molecule has 2 aromatic rings. The van der Waals surface area contributed by atoms with Gasteiger partial charge in [0.2, 0.25) is 5.88 Å². The summed E-state index contributed by atoms with van der Waals surface area (Å²) in [5, 5.41) is 9.91. The van der Waals surface area contributed by atoms with Crippen molar-refractivity contribution in [3.05, 3.63) is 41.9 Å². The Morgan fingerprint density at radius 1 is 1.35 bits per heavy atom. The minimum absolute atomic E-state index is 0.0341. The molecule has 2 aromatic heterocycles. The molecule has 26 heavy (non-hydrogen) atoms. The van der Waals surface area contributed by atoms with Crippen molar-refractivity contribution >= 4 is 6.03 Å². The second-order valence-electron chi connectivity index (χ2n) is 7.15. The number of aromatic amines is 1. The number of aromatic nitrogens is 3. The molecule has 1 saturated carbocycles. The highest BCUT2D eigenvalue weighted by molar-refractivity contribution is 5.74. The van der Waals surface area contributed by atoms with Crippen LogP contribution in [0, 0.1) is 5.92 Å². The smallest absolute Gasteiger partial charge is 0.318 e. The maximum absolute atomic E-state index is 12.7. The van der Waals surface area contributed by atoms with Crippen LogP contribution in [0.1, 0.15) is 49.3 Å². The highest BCUT2D eigenvalue weighted by Gasteiger charge is 2.28. The minimum atomic E-state index is -0.0341. The molecule has 2 fully saturated rings. The molecule has 1 aliphatic carbocycles. The number of pyridine rings is 1. The molecule has 2 amide bonds. The van der Waals surface area contributed by atoms with Crippen molar-refractivity contribution in [1.29, 1.82) is 0 Å². The van der Waals surface area contributed by atoms with E-state index in [1.807, 2.05) is 29.4 Å². The van der Waals surface area contributed by atoms with Crippen LogP contribution in [0.2, 0.25) is 0 Å². The number of ether oxygens (including phenoxy) is 1. The van der Waals surface area contributed by atoms with E-state index in [0.29, 0.717) is 18.3 Å². The van der Waals surface area contributed by atoms with Crippen LogP contribution in [0.4, 0.5) is 4.79 Å². The average Bonchev–Trinajstić information content (AvgIpc) is 3.36. The molecule has 7 nitrogen and oxygen atoms in total. The lowest BCUT2D eigenvalue weighted by Crippen LogP contribution is -2.44. The van der Waals surface area contributed by atoms with Gasteiger partial charge in [-0.2, -0.15) is 5.10 Å². The van der Waals surface area contributed by atoms with Crippen LogP contribution >= 0.6 is 0 Å². The van der Waals surface area contributed by atoms with Gasteiger partial charge in [-0.05, 0) is 49.7 Å². The van der Waals surface area contributed by atoms with E-state index in [1.54, 1.807) is 6.20 Å². The van der Waals surface area contributed by atoms with E-state index in [-0.39, 0.29) is 12.1 Å². The topological polar surface area (TPSA) is 83.1 Å². The number of urea groups is 1. The molecule has 1 saturated heterocycles. The average molecular weight is 355 g/mol. The lowest BCUT2D eigenvalue weighted by Gasteiger charge is -2.35. The van der Waals surface area contributed by atoms with Crippen LogP contribution in [0.5, 0.6) is 5.88 Å². The van der Waals surface area contributed by atoms with Crippen molar-refractivity contribution in [2.24, 2.45) is 5.92 Å². The predicted octanol–water partition coefficient (Wildman–Crippen LogP) is 3.03. The predicted molar refractivity (Wildman–Crippen MR) is 96.6 cm³/mol. The number of piperidine rings is 1. The Balaban J connectivity index is 1.34. The van der Waals surface area contributed by atoms with Gasteiger partial charge in [0, 0.05) is 37.1 Å². The molecule has 0 bridgehead atoms.